The second-order valence-corrected chi connectivity index (χ2v) is 8.80. The highest BCUT2D eigenvalue weighted by molar-refractivity contribution is 7.99. The second-order valence-electron chi connectivity index (χ2n) is 7.71. The van der Waals surface area contributed by atoms with E-state index in [4.69, 9.17) is 5.21 Å². The summed E-state index contributed by atoms with van der Waals surface area (Å²) in [6, 6.07) is 4.17. The minimum Gasteiger partial charge on any atom is -0.507 e. The largest absolute Gasteiger partial charge is 0.507 e. The first-order valence-electron chi connectivity index (χ1n) is 7.37. The van der Waals surface area contributed by atoms with Crippen LogP contribution in [0.5, 0.6) is 5.75 Å². The molecule has 0 heterocycles. The smallest absolute Gasteiger partial charge is 0.123 e. The van der Waals surface area contributed by atoms with Crippen molar-refractivity contribution in [1.82, 2.24) is 5.48 Å². The van der Waals surface area contributed by atoms with E-state index < -0.39 is 0 Å². The van der Waals surface area contributed by atoms with Gasteiger partial charge in [-0.1, -0.05) is 41.5 Å². The average Bonchev–Trinajstić information content (AvgIpc) is 2.34. The van der Waals surface area contributed by atoms with Gasteiger partial charge in [-0.25, -0.2) is 5.48 Å². The van der Waals surface area contributed by atoms with Gasteiger partial charge < -0.3 is 10.3 Å². The molecule has 0 amide bonds. The summed E-state index contributed by atoms with van der Waals surface area (Å²) >= 11 is 1.69. The number of benzene rings is 1. The number of hydrogen-bond acceptors (Lipinski definition) is 4. The number of hydroxylamine groups is 1. The van der Waals surface area contributed by atoms with Gasteiger partial charge in [0.1, 0.15) is 5.75 Å². The van der Waals surface area contributed by atoms with Crippen LogP contribution in [0.25, 0.3) is 0 Å². The fraction of sp³-hybridized carbons (Fsp3) is 0.647. The van der Waals surface area contributed by atoms with Crippen LogP contribution in [0.1, 0.15) is 59.6 Å². The maximum absolute atomic E-state index is 10.6. The van der Waals surface area contributed by atoms with E-state index in [2.05, 4.69) is 59.2 Å². The fourth-order valence-electron chi connectivity index (χ4n) is 2.09. The Morgan fingerprint density at radius 3 is 1.81 bits per heavy atom. The monoisotopic (exact) mass is 311 g/mol. The zero-order chi connectivity index (χ0) is 16.4. The van der Waals surface area contributed by atoms with Gasteiger partial charge in [-0.3, -0.25) is 0 Å². The minimum absolute atomic E-state index is 0.0278. The molecule has 0 radical (unpaired) electrons. The van der Waals surface area contributed by atoms with Crippen LogP contribution in [0.2, 0.25) is 0 Å². The van der Waals surface area contributed by atoms with Crippen LogP contribution < -0.4 is 5.48 Å². The molecule has 1 unspecified atom stereocenters. The molecule has 0 bridgehead atoms. The molecule has 1 aromatic carbocycles. The van der Waals surface area contributed by atoms with E-state index in [1.165, 1.54) is 0 Å². The third-order valence-electron chi connectivity index (χ3n) is 3.42. The molecule has 3 nitrogen and oxygen atoms in total. The molecule has 0 saturated carbocycles. The highest BCUT2D eigenvalue weighted by Gasteiger charge is 2.26. The minimum atomic E-state index is -0.110. The number of rotatable bonds is 4. The van der Waals surface area contributed by atoms with Crippen molar-refractivity contribution in [3.63, 3.8) is 0 Å². The molecule has 21 heavy (non-hydrogen) atoms. The van der Waals surface area contributed by atoms with Crippen molar-refractivity contribution in [3.05, 3.63) is 23.3 Å². The maximum atomic E-state index is 10.6. The molecule has 1 aromatic rings. The van der Waals surface area contributed by atoms with Gasteiger partial charge in [0.25, 0.3) is 0 Å². The first-order valence-corrected chi connectivity index (χ1v) is 8.35. The van der Waals surface area contributed by atoms with Crippen LogP contribution in [0, 0.1) is 0 Å². The van der Waals surface area contributed by atoms with Crippen molar-refractivity contribution in [2.75, 3.05) is 5.75 Å². The summed E-state index contributed by atoms with van der Waals surface area (Å²) in [7, 11) is 0. The molecule has 0 saturated heterocycles. The summed E-state index contributed by atoms with van der Waals surface area (Å²) in [5.74, 6) is 1.18. The third-order valence-corrected chi connectivity index (χ3v) is 4.66. The van der Waals surface area contributed by atoms with E-state index in [0.29, 0.717) is 5.75 Å². The number of thioether (sulfide) groups is 1. The first kappa shape index (κ1) is 18.3. The van der Waals surface area contributed by atoms with Crippen molar-refractivity contribution in [2.24, 2.45) is 0 Å². The lowest BCUT2D eigenvalue weighted by molar-refractivity contribution is 0.141. The molecule has 120 valence electrons. The Kier molecular flexibility index (Phi) is 5.76. The van der Waals surface area contributed by atoms with Crippen molar-refractivity contribution < 1.29 is 10.3 Å². The number of nitrogens with one attached hydrogen (secondary N) is 1. The second kappa shape index (κ2) is 6.59. The Morgan fingerprint density at radius 1 is 1.05 bits per heavy atom. The van der Waals surface area contributed by atoms with Crippen LogP contribution in [-0.4, -0.2) is 22.1 Å². The normalized spacial score (nSPS) is 14.3. The van der Waals surface area contributed by atoms with E-state index in [-0.39, 0.29) is 16.9 Å². The number of aromatic hydroxyl groups is 1. The van der Waals surface area contributed by atoms with Crippen LogP contribution in [-0.2, 0) is 10.8 Å². The highest BCUT2D eigenvalue weighted by Crippen LogP contribution is 2.41. The van der Waals surface area contributed by atoms with Gasteiger partial charge in [0.05, 0.1) is 0 Å². The molecule has 0 aliphatic heterocycles. The Balaban J connectivity index is 3.27. The van der Waals surface area contributed by atoms with Gasteiger partial charge in [0.2, 0.25) is 0 Å². The zero-order valence-corrected chi connectivity index (χ0v) is 15.1. The Labute approximate surface area is 133 Å². The average molecular weight is 311 g/mol. The maximum Gasteiger partial charge on any atom is 0.123 e. The topological polar surface area (TPSA) is 52.5 Å². The summed E-state index contributed by atoms with van der Waals surface area (Å²) in [4.78, 5) is 1.13. The zero-order valence-electron chi connectivity index (χ0n) is 14.2. The van der Waals surface area contributed by atoms with E-state index in [9.17, 15) is 5.11 Å². The lowest BCUT2D eigenvalue weighted by atomic mass is 9.79. The quantitative estimate of drug-likeness (QED) is 0.568. The Hall–Kier alpha value is -0.710. The standard InChI is InChI=1S/C17H29NO2S/c1-11(18-20)10-21-12-8-13(16(2,3)4)15(19)14(9-12)17(5,6)7/h8-9,11,18-20H,10H2,1-7H3. The van der Waals surface area contributed by atoms with E-state index in [1.807, 2.05) is 6.92 Å². The van der Waals surface area contributed by atoms with Crippen LogP contribution in [0.15, 0.2) is 17.0 Å². The van der Waals surface area contributed by atoms with Crippen LogP contribution in [0.4, 0.5) is 0 Å². The van der Waals surface area contributed by atoms with Crippen molar-refractivity contribution in [1.29, 1.82) is 0 Å². The summed E-state index contributed by atoms with van der Waals surface area (Å²) in [6.07, 6.45) is 0. The number of phenolic OH excluding ortho intramolecular Hbond substituents is 1. The summed E-state index contributed by atoms with van der Waals surface area (Å²) in [5.41, 5.74) is 3.99. The molecule has 1 atom stereocenters. The van der Waals surface area contributed by atoms with E-state index >= 15 is 0 Å². The summed E-state index contributed by atoms with van der Waals surface area (Å²) in [5, 5.41) is 19.6. The summed E-state index contributed by atoms with van der Waals surface area (Å²) in [6.45, 7) is 14.6. The van der Waals surface area contributed by atoms with E-state index in [1.54, 1.807) is 11.8 Å². The molecule has 4 heteroatoms. The van der Waals surface area contributed by atoms with Gasteiger partial charge in [-0.15, -0.1) is 11.8 Å². The first-order chi connectivity index (χ1) is 9.46. The van der Waals surface area contributed by atoms with Crippen molar-refractivity contribution >= 4 is 11.8 Å². The molecular formula is C17H29NO2S. The van der Waals surface area contributed by atoms with Crippen LogP contribution in [0.3, 0.4) is 0 Å². The molecule has 1 rings (SSSR count). The third kappa shape index (κ3) is 4.90. The Morgan fingerprint density at radius 2 is 1.48 bits per heavy atom. The molecule has 0 aliphatic rings. The van der Waals surface area contributed by atoms with Gasteiger partial charge in [0, 0.05) is 27.8 Å². The molecule has 3 N–H and O–H groups in total. The van der Waals surface area contributed by atoms with Gasteiger partial charge >= 0.3 is 0 Å². The van der Waals surface area contributed by atoms with Crippen LogP contribution >= 0.6 is 11.8 Å². The van der Waals surface area contributed by atoms with Crippen molar-refractivity contribution in [2.45, 2.75) is 70.2 Å². The molecule has 0 spiro atoms. The molecule has 0 aromatic heterocycles. The Bertz CT molecular complexity index is 452. The lowest BCUT2D eigenvalue weighted by Crippen LogP contribution is -2.24. The molecule has 0 aliphatic carbocycles. The predicted octanol–water partition coefficient (Wildman–Crippen LogP) is 4.45. The number of phenols is 1. The fourth-order valence-corrected chi connectivity index (χ4v) is 3.01. The SMILES string of the molecule is CC(CSc1cc(C(C)(C)C)c(O)c(C(C)(C)C)c1)NO. The predicted molar refractivity (Wildman–Crippen MR) is 90.6 cm³/mol. The lowest BCUT2D eigenvalue weighted by Gasteiger charge is -2.28. The summed E-state index contributed by atoms with van der Waals surface area (Å²) < 4.78 is 0. The molecule has 0 fully saturated rings. The van der Waals surface area contributed by atoms with Crippen molar-refractivity contribution in [3.8, 4) is 5.75 Å². The van der Waals surface area contributed by atoms with Gasteiger partial charge in [0.15, 0.2) is 0 Å². The van der Waals surface area contributed by atoms with E-state index in [0.717, 1.165) is 21.8 Å². The molecular weight excluding hydrogens is 282 g/mol. The number of hydrogen-bond donors (Lipinski definition) is 3. The van der Waals surface area contributed by atoms with Gasteiger partial charge in [-0.2, -0.15) is 0 Å². The highest BCUT2D eigenvalue weighted by atomic mass is 32.2. The van der Waals surface area contributed by atoms with Gasteiger partial charge in [-0.05, 0) is 29.9 Å².